The first kappa shape index (κ1) is 16.2. The van der Waals surface area contributed by atoms with E-state index < -0.39 is 0 Å². The van der Waals surface area contributed by atoms with Crippen molar-refractivity contribution in [1.82, 2.24) is 9.80 Å². The summed E-state index contributed by atoms with van der Waals surface area (Å²) in [5.74, 6) is 0. The Bertz CT molecular complexity index is 415. The summed E-state index contributed by atoms with van der Waals surface area (Å²) in [5, 5.41) is 20.9. The minimum absolute atomic E-state index is 0.0836. The van der Waals surface area contributed by atoms with E-state index in [1.165, 1.54) is 0 Å². The zero-order chi connectivity index (χ0) is 14.5. The lowest BCUT2D eigenvalue weighted by Crippen LogP contribution is -2.32. The van der Waals surface area contributed by atoms with E-state index in [1.807, 2.05) is 0 Å². The van der Waals surface area contributed by atoms with Crippen LogP contribution in [0.4, 0.5) is 0 Å². The zero-order valence-corrected chi connectivity index (χ0v) is 14.1. The molecule has 0 amide bonds. The van der Waals surface area contributed by atoms with Gasteiger partial charge in [0.15, 0.2) is 10.3 Å². The van der Waals surface area contributed by atoms with Gasteiger partial charge in [0.05, 0.1) is 13.2 Å². The van der Waals surface area contributed by atoms with Crippen molar-refractivity contribution in [2.45, 2.75) is 13.8 Å². The van der Waals surface area contributed by atoms with Crippen LogP contribution in [-0.2, 0) is 0 Å². The fourth-order valence-corrected chi connectivity index (χ4v) is 7.65. The van der Waals surface area contributed by atoms with Crippen molar-refractivity contribution in [3.8, 4) is 0 Å². The number of amidine groups is 2. The van der Waals surface area contributed by atoms with Gasteiger partial charge in [0.2, 0.25) is 5.11 Å². The fourth-order valence-electron chi connectivity index (χ4n) is 1.79. The number of hydrogen-bond donors (Lipinski definition) is 2. The van der Waals surface area contributed by atoms with Crippen molar-refractivity contribution < 1.29 is 10.2 Å². The molecule has 0 saturated heterocycles. The van der Waals surface area contributed by atoms with Gasteiger partial charge in [0.25, 0.3) is 0 Å². The van der Waals surface area contributed by atoms with Gasteiger partial charge in [-0.2, -0.15) is 9.98 Å². The lowest BCUT2D eigenvalue weighted by molar-refractivity contribution is 0.255. The number of aliphatic imine (C=N–C) groups is 2. The number of nitrogens with zero attached hydrogens (tertiary/aromatic N) is 4. The van der Waals surface area contributed by atoms with Crippen molar-refractivity contribution in [1.29, 1.82) is 0 Å². The summed E-state index contributed by atoms with van der Waals surface area (Å²) in [4.78, 5) is 13.3. The second-order valence-corrected chi connectivity index (χ2v) is 9.61. The zero-order valence-electron chi connectivity index (χ0n) is 11.7. The second kappa shape index (κ2) is 7.69. The molecule has 0 spiro atoms. The lowest BCUT2D eigenvalue weighted by atomic mass is 10.5. The summed E-state index contributed by atoms with van der Waals surface area (Å²) in [5.41, 5.74) is 0. The maximum atomic E-state index is 9.06. The molecule has 20 heavy (non-hydrogen) atoms. The van der Waals surface area contributed by atoms with Crippen molar-refractivity contribution in [2.75, 3.05) is 39.4 Å². The van der Waals surface area contributed by atoms with Gasteiger partial charge in [-0.15, -0.1) is 0 Å². The monoisotopic (exact) mass is 336 g/mol. The second-order valence-electron chi connectivity index (χ2n) is 4.08. The average Bonchev–Trinajstić information content (AvgIpc) is 3.00. The standard InChI is InChI=1S/C11H20N4O2S3/c1-3-14(5-7-16)10-12-9-13-11(19-20(9)18-10)15(4-2)6-8-17/h16-17H,3-8H2,1-2H3. The highest BCUT2D eigenvalue weighted by Crippen LogP contribution is 2.54. The van der Waals surface area contributed by atoms with E-state index in [0.717, 1.165) is 28.5 Å². The SMILES string of the molecule is CCN(CCO)C1=NC2=S(S1)SC(N(CC)CCO)=N2. The predicted molar refractivity (Wildman–Crippen MR) is 91.3 cm³/mol. The predicted octanol–water partition coefficient (Wildman–Crippen LogP) is 1.01. The molecule has 2 rings (SSSR count). The van der Waals surface area contributed by atoms with E-state index in [2.05, 4.69) is 33.6 Å². The molecule has 0 aliphatic carbocycles. The third-order valence-corrected chi connectivity index (χ3v) is 8.58. The molecule has 0 fully saturated rings. The highest BCUT2D eigenvalue weighted by molar-refractivity contribution is 9.21. The molecule has 2 aliphatic heterocycles. The van der Waals surface area contributed by atoms with E-state index in [4.69, 9.17) is 10.2 Å². The third-order valence-electron chi connectivity index (χ3n) is 2.88. The van der Waals surface area contributed by atoms with Crippen LogP contribution in [0.5, 0.6) is 0 Å². The van der Waals surface area contributed by atoms with Crippen LogP contribution < -0.4 is 0 Å². The quantitative estimate of drug-likeness (QED) is 0.557. The summed E-state index contributed by atoms with van der Waals surface area (Å²) >= 11 is 0. The van der Waals surface area contributed by atoms with E-state index >= 15 is 0 Å². The van der Waals surface area contributed by atoms with E-state index in [0.29, 0.717) is 13.1 Å². The van der Waals surface area contributed by atoms with Gasteiger partial charge in [-0.1, -0.05) is 0 Å². The molecule has 2 aliphatic rings. The Morgan fingerprint density at radius 3 is 1.70 bits per heavy atom. The molecule has 0 saturated carbocycles. The van der Waals surface area contributed by atoms with Crippen molar-refractivity contribution in [3.63, 3.8) is 0 Å². The Kier molecular flexibility index (Phi) is 6.21. The Labute approximate surface area is 129 Å². The molecule has 6 nitrogen and oxygen atoms in total. The van der Waals surface area contributed by atoms with E-state index in [9.17, 15) is 0 Å². The summed E-state index contributed by atoms with van der Waals surface area (Å²) in [6.45, 7) is 7.29. The first-order valence-corrected chi connectivity index (χ1v) is 10.5. The maximum absolute atomic E-state index is 9.06. The van der Waals surface area contributed by atoms with Gasteiger partial charge in [-0.05, 0) is 44.0 Å². The molecule has 114 valence electrons. The molecule has 0 radical (unpaired) electrons. The minimum Gasteiger partial charge on any atom is -0.395 e. The van der Waals surface area contributed by atoms with Crippen molar-refractivity contribution in [2.24, 2.45) is 9.98 Å². The Morgan fingerprint density at radius 1 is 0.950 bits per heavy atom. The van der Waals surface area contributed by atoms with Gasteiger partial charge < -0.3 is 20.0 Å². The highest BCUT2D eigenvalue weighted by atomic mass is 33.5. The minimum atomic E-state index is -0.0836. The summed E-state index contributed by atoms with van der Waals surface area (Å²) < 4.78 is 0. The number of aliphatic hydroxyl groups excluding tert-OH is 2. The van der Waals surface area contributed by atoms with Gasteiger partial charge >= 0.3 is 0 Å². The number of likely N-dealkylation sites (N-methyl/N-ethyl adjacent to an activating group) is 2. The topological polar surface area (TPSA) is 71.7 Å². The van der Waals surface area contributed by atoms with Crippen LogP contribution in [0.25, 0.3) is 0 Å². The van der Waals surface area contributed by atoms with Gasteiger partial charge in [-0.3, -0.25) is 0 Å². The molecule has 9 heteroatoms. The Hall–Kier alpha value is -0.220. The molecule has 0 aromatic rings. The molecule has 0 bridgehead atoms. The maximum Gasteiger partial charge on any atom is 0.203 e. The van der Waals surface area contributed by atoms with Gasteiger partial charge in [0.1, 0.15) is 0 Å². The lowest BCUT2D eigenvalue weighted by Gasteiger charge is -2.23. The summed E-state index contributed by atoms with van der Waals surface area (Å²) in [7, 11) is 3.35. The summed E-state index contributed by atoms with van der Waals surface area (Å²) in [6.07, 6.45) is 0. The normalized spacial score (nSPS) is 18.1. The van der Waals surface area contributed by atoms with Crippen LogP contribution in [0.1, 0.15) is 13.8 Å². The van der Waals surface area contributed by atoms with Crippen molar-refractivity contribution in [3.05, 3.63) is 0 Å². The van der Waals surface area contributed by atoms with Crippen LogP contribution in [0.3, 0.4) is 0 Å². The smallest absolute Gasteiger partial charge is 0.203 e. The third kappa shape index (κ3) is 3.51. The highest BCUT2D eigenvalue weighted by Gasteiger charge is 2.30. The van der Waals surface area contributed by atoms with E-state index in [1.54, 1.807) is 21.6 Å². The van der Waals surface area contributed by atoms with Crippen LogP contribution in [-0.4, -0.2) is 74.9 Å². The first-order chi connectivity index (χ1) is 9.73. The molecule has 0 aromatic carbocycles. The Balaban J connectivity index is 2.04. The largest absolute Gasteiger partial charge is 0.395 e. The Morgan fingerprint density at radius 2 is 1.40 bits per heavy atom. The van der Waals surface area contributed by atoms with Gasteiger partial charge in [-0.25, -0.2) is 0 Å². The van der Waals surface area contributed by atoms with Gasteiger partial charge in [0, 0.05) is 26.2 Å². The molecule has 0 aromatic heterocycles. The molecular weight excluding hydrogens is 316 g/mol. The first-order valence-electron chi connectivity index (χ1n) is 6.60. The van der Waals surface area contributed by atoms with Crippen LogP contribution in [0, 0.1) is 0 Å². The van der Waals surface area contributed by atoms with Crippen LogP contribution in [0.15, 0.2) is 9.98 Å². The molecule has 0 unspecified atom stereocenters. The molecule has 2 N–H and O–H groups in total. The van der Waals surface area contributed by atoms with E-state index in [-0.39, 0.29) is 21.8 Å². The van der Waals surface area contributed by atoms with Crippen molar-refractivity contribution >= 4 is 45.6 Å². The number of rotatable bonds is 6. The number of aliphatic hydroxyl groups is 2. The number of hydrogen-bond acceptors (Lipinski definition) is 8. The molecule has 2 heterocycles. The van der Waals surface area contributed by atoms with Crippen LogP contribution in [0.2, 0.25) is 0 Å². The summed E-state index contributed by atoms with van der Waals surface area (Å²) in [6, 6.07) is 0. The molecule has 0 atom stereocenters. The average molecular weight is 337 g/mol. The van der Waals surface area contributed by atoms with Crippen LogP contribution >= 0.6 is 30.1 Å². The fraction of sp³-hybridized carbons (Fsp3) is 0.727. The molecular formula is C11H20N4O2S3.